The van der Waals surface area contributed by atoms with E-state index in [9.17, 15) is 0 Å². The van der Waals surface area contributed by atoms with Crippen molar-refractivity contribution < 1.29 is 4.74 Å². The third-order valence-electron chi connectivity index (χ3n) is 6.79. The van der Waals surface area contributed by atoms with Crippen LogP contribution in [-0.4, -0.2) is 43.2 Å². The molecule has 31 heavy (non-hydrogen) atoms. The van der Waals surface area contributed by atoms with Crippen molar-refractivity contribution in [2.45, 2.75) is 57.5 Å². The molecule has 0 saturated carbocycles. The number of unbranched alkanes of at least 4 members (excludes halogenated alkanes) is 3. The first-order valence-electron chi connectivity index (χ1n) is 11.8. The lowest BCUT2D eigenvalue weighted by Crippen LogP contribution is -2.55. The number of aryl methyl sites for hydroxylation is 1. The van der Waals surface area contributed by atoms with Crippen LogP contribution < -0.4 is 9.64 Å². The van der Waals surface area contributed by atoms with Crippen LogP contribution in [0.2, 0.25) is 10.0 Å². The predicted octanol–water partition coefficient (Wildman–Crippen LogP) is 6.85. The number of rotatable bonds is 8. The van der Waals surface area contributed by atoms with Crippen molar-refractivity contribution in [3.8, 4) is 5.75 Å². The van der Waals surface area contributed by atoms with Crippen molar-refractivity contribution in [1.29, 1.82) is 0 Å². The lowest BCUT2D eigenvalue weighted by molar-refractivity contribution is -0.00106. The molecular weight excluding hydrogens is 427 g/mol. The Morgan fingerprint density at radius 1 is 0.935 bits per heavy atom. The Balaban J connectivity index is 1.40. The van der Waals surface area contributed by atoms with Gasteiger partial charge in [-0.3, -0.25) is 4.90 Å². The molecule has 3 nitrogen and oxygen atoms in total. The minimum atomic E-state index is -0.0617. The SMILES string of the molecule is CCCCCCC1(CN2CCN(c3ccc(Cl)c(Cl)c3)CC2)CCc2ccccc2O1. The van der Waals surface area contributed by atoms with E-state index in [0.29, 0.717) is 10.0 Å². The molecule has 1 saturated heterocycles. The molecule has 2 heterocycles. The van der Waals surface area contributed by atoms with Crippen molar-refractivity contribution in [2.75, 3.05) is 37.6 Å². The summed E-state index contributed by atoms with van der Waals surface area (Å²) in [5.74, 6) is 1.10. The van der Waals surface area contributed by atoms with E-state index in [-0.39, 0.29) is 5.60 Å². The first-order chi connectivity index (χ1) is 15.1. The topological polar surface area (TPSA) is 15.7 Å². The fourth-order valence-corrected chi connectivity index (χ4v) is 5.24. The largest absolute Gasteiger partial charge is 0.486 e. The number of halogens is 2. The van der Waals surface area contributed by atoms with Gasteiger partial charge in [0.2, 0.25) is 0 Å². The van der Waals surface area contributed by atoms with Crippen LogP contribution in [0.5, 0.6) is 5.75 Å². The third kappa shape index (κ3) is 5.69. The maximum Gasteiger partial charge on any atom is 0.123 e. The number of piperazine rings is 1. The van der Waals surface area contributed by atoms with E-state index < -0.39 is 0 Å². The third-order valence-corrected chi connectivity index (χ3v) is 7.53. The van der Waals surface area contributed by atoms with Gasteiger partial charge in [0.15, 0.2) is 0 Å². The second-order valence-corrected chi connectivity index (χ2v) is 9.88. The highest BCUT2D eigenvalue weighted by atomic mass is 35.5. The monoisotopic (exact) mass is 460 g/mol. The van der Waals surface area contributed by atoms with Gasteiger partial charge in [0.1, 0.15) is 11.4 Å². The van der Waals surface area contributed by atoms with Gasteiger partial charge >= 0.3 is 0 Å². The van der Waals surface area contributed by atoms with E-state index >= 15 is 0 Å². The van der Waals surface area contributed by atoms with Crippen LogP contribution in [-0.2, 0) is 6.42 Å². The summed E-state index contributed by atoms with van der Waals surface area (Å²) in [6.07, 6.45) is 8.51. The van der Waals surface area contributed by atoms with Crippen LogP contribution in [0.15, 0.2) is 42.5 Å². The van der Waals surface area contributed by atoms with E-state index in [1.807, 2.05) is 12.1 Å². The highest BCUT2D eigenvalue weighted by molar-refractivity contribution is 6.42. The van der Waals surface area contributed by atoms with E-state index in [1.54, 1.807) is 0 Å². The molecule has 4 rings (SSSR count). The standard InChI is InChI=1S/C26H34Cl2N2O/c1-2-3-4-7-13-26(14-12-21-8-5-6-9-25(21)31-26)20-29-15-17-30(18-16-29)22-10-11-23(27)24(28)19-22/h5-6,8-11,19H,2-4,7,12-18,20H2,1H3. The summed E-state index contributed by atoms with van der Waals surface area (Å²) >= 11 is 12.3. The highest BCUT2D eigenvalue weighted by Gasteiger charge is 2.38. The maximum absolute atomic E-state index is 6.76. The molecule has 1 atom stereocenters. The molecule has 168 valence electrons. The van der Waals surface area contributed by atoms with E-state index in [0.717, 1.165) is 63.4 Å². The number of hydrogen-bond donors (Lipinski definition) is 0. The van der Waals surface area contributed by atoms with Crippen LogP contribution in [0.25, 0.3) is 0 Å². The van der Waals surface area contributed by atoms with Gasteiger partial charge in [-0.15, -0.1) is 0 Å². The lowest BCUT2D eigenvalue weighted by atomic mass is 9.85. The van der Waals surface area contributed by atoms with Crippen LogP contribution in [0.1, 0.15) is 51.0 Å². The summed E-state index contributed by atoms with van der Waals surface area (Å²) in [6.45, 7) is 7.38. The van der Waals surface area contributed by atoms with Crippen LogP contribution in [0.3, 0.4) is 0 Å². The number of nitrogens with zero attached hydrogens (tertiary/aromatic N) is 2. The smallest absolute Gasteiger partial charge is 0.123 e. The number of benzene rings is 2. The molecule has 2 aliphatic heterocycles. The second kappa shape index (κ2) is 10.5. The molecule has 0 spiro atoms. The van der Waals surface area contributed by atoms with Crippen LogP contribution in [0, 0.1) is 0 Å². The van der Waals surface area contributed by atoms with Crippen molar-refractivity contribution in [3.05, 3.63) is 58.1 Å². The normalized spacial score (nSPS) is 21.6. The Bertz CT molecular complexity index is 866. The first-order valence-corrected chi connectivity index (χ1v) is 12.5. The Kier molecular flexibility index (Phi) is 7.68. The number of anilines is 1. The molecule has 2 aliphatic rings. The lowest BCUT2D eigenvalue weighted by Gasteiger charge is -2.44. The van der Waals surface area contributed by atoms with E-state index in [2.05, 4.69) is 47.1 Å². The molecule has 0 bridgehead atoms. The fourth-order valence-electron chi connectivity index (χ4n) is 4.95. The van der Waals surface area contributed by atoms with Crippen LogP contribution >= 0.6 is 23.2 Å². The van der Waals surface area contributed by atoms with Crippen molar-refractivity contribution >= 4 is 28.9 Å². The van der Waals surface area contributed by atoms with Gasteiger partial charge in [-0.1, -0.05) is 67.6 Å². The summed E-state index contributed by atoms with van der Waals surface area (Å²) < 4.78 is 6.76. The Hall–Kier alpha value is -1.42. The van der Waals surface area contributed by atoms with Gasteiger partial charge in [0.25, 0.3) is 0 Å². The van der Waals surface area contributed by atoms with Gasteiger partial charge in [-0.2, -0.15) is 0 Å². The zero-order valence-corrected chi connectivity index (χ0v) is 20.1. The average Bonchev–Trinajstić information content (AvgIpc) is 2.79. The minimum absolute atomic E-state index is 0.0617. The Morgan fingerprint density at radius 2 is 1.74 bits per heavy atom. The molecule has 0 aliphatic carbocycles. The van der Waals surface area contributed by atoms with Gasteiger partial charge in [-0.25, -0.2) is 0 Å². The Morgan fingerprint density at radius 3 is 2.52 bits per heavy atom. The van der Waals surface area contributed by atoms with Gasteiger partial charge < -0.3 is 9.64 Å². The minimum Gasteiger partial charge on any atom is -0.486 e. The maximum atomic E-state index is 6.76. The van der Waals surface area contributed by atoms with Crippen LogP contribution in [0.4, 0.5) is 5.69 Å². The Labute approximate surface area is 197 Å². The molecule has 5 heteroatoms. The van der Waals surface area contributed by atoms with Crippen molar-refractivity contribution in [2.24, 2.45) is 0 Å². The molecular formula is C26H34Cl2N2O. The van der Waals surface area contributed by atoms with Gasteiger partial charge in [-0.05, 0) is 55.5 Å². The zero-order chi connectivity index (χ0) is 21.7. The van der Waals surface area contributed by atoms with Gasteiger partial charge in [0, 0.05) is 38.4 Å². The molecule has 0 aromatic heterocycles. The molecule has 2 aromatic rings. The summed E-state index contributed by atoms with van der Waals surface area (Å²) in [5, 5.41) is 1.24. The van der Waals surface area contributed by atoms with Crippen molar-refractivity contribution in [3.63, 3.8) is 0 Å². The summed E-state index contributed by atoms with van der Waals surface area (Å²) in [6, 6.07) is 14.5. The second-order valence-electron chi connectivity index (χ2n) is 9.07. The first kappa shape index (κ1) is 22.8. The molecule has 2 aromatic carbocycles. The fraction of sp³-hybridized carbons (Fsp3) is 0.538. The summed E-state index contributed by atoms with van der Waals surface area (Å²) in [7, 11) is 0. The van der Waals surface area contributed by atoms with Gasteiger partial charge in [0.05, 0.1) is 10.0 Å². The molecule has 0 N–H and O–H groups in total. The summed E-state index contributed by atoms with van der Waals surface area (Å²) in [5.41, 5.74) is 2.45. The van der Waals surface area contributed by atoms with Crippen molar-refractivity contribution in [1.82, 2.24) is 4.90 Å². The predicted molar refractivity (Wildman–Crippen MR) is 132 cm³/mol. The quantitative estimate of drug-likeness (QED) is 0.400. The summed E-state index contributed by atoms with van der Waals surface area (Å²) in [4.78, 5) is 5.01. The molecule has 1 unspecified atom stereocenters. The number of hydrogen-bond acceptors (Lipinski definition) is 3. The van der Waals surface area contributed by atoms with E-state index in [1.165, 1.54) is 31.2 Å². The molecule has 1 fully saturated rings. The average molecular weight is 461 g/mol. The highest BCUT2D eigenvalue weighted by Crippen LogP contribution is 2.37. The zero-order valence-electron chi connectivity index (χ0n) is 18.6. The molecule has 0 radical (unpaired) electrons. The molecule has 0 amide bonds. The number of para-hydroxylation sites is 1. The van der Waals surface area contributed by atoms with E-state index in [4.69, 9.17) is 27.9 Å². The number of fused-ring (bicyclic) bond motifs is 1. The number of ether oxygens (including phenoxy) is 1.